The molecule has 1 saturated carbocycles. The first-order valence-corrected chi connectivity index (χ1v) is 15.0. The Hall–Kier alpha value is -4.08. The van der Waals surface area contributed by atoms with Crippen LogP contribution in [0.25, 0.3) is 0 Å². The van der Waals surface area contributed by atoms with Crippen LogP contribution in [0.3, 0.4) is 0 Å². The maximum Gasteiger partial charge on any atom is 0.413 e. The Balaban J connectivity index is 1.33. The number of carbonyl (C=O) groups is 4. The minimum atomic E-state index is -1.04. The molecular formula is C32H41N5O5. The lowest BCUT2D eigenvalue weighted by atomic mass is 9.83. The molecule has 1 heterocycles. The number of nitrogens with zero attached hydrogens (tertiary/aromatic N) is 1. The van der Waals surface area contributed by atoms with Crippen LogP contribution in [0.4, 0.5) is 15.3 Å². The molecule has 2 aromatic rings. The van der Waals surface area contributed by atoms with Crippen LogP contribution < -0.4 is 26.0 Å². The SMILES string of the molecule is CNC(=O)C1(N2C[C@@H](C(C)C)NC2=O)Cc2ccc(NC(=O)[C@@H](NC(=O)Oc3ccccc3)C3CCCCC3)cc2C1. The van der Waals surface area contributed by atoms with Gasteiger partial charge in [0.15, 0.2) is 0 Å². The largest absolute Gasteiger partial charge is 0.413 e. The van der Waals surface area contributed by atoms with Crippen molar-refractivity contribution in [2.24, 2.45) is 11.8 Å². The summed E-state index contributed by atoms with van der Waals surface area (Å²) < 4.78 is 5.43. The average molecular weight is 576 g/mol. The second-order valence-electron chi connectivity index (χ2n) is 12.1. The van der Waals surface area contributed by atoms with E-state index in [1.165, 1.54) is 0 Å². The van der Waals surface area contributed by atoms with E-state index >= 15 is 0 Å². The minimum Gasteiger partial charge on any atom is -0.410 e. The molecule has 1 aliphatic heterocycles. The number of hydrogen-bond donors (Lipinski definition) is 4. The van der Waals surface area contributed by atoms with E-state index in [1.807, 2.05) is 24.3 Å². The predicted octanol–water partition coefficient (Wildman–Crippen LogP) is 4.00. The first-order valence-electron chi connectivity index (χ1n) is 15.0. The van der Waals surface area contributed by atoms with E-state index in [4.69, 9.17) is 4.74 Å². The van der Waals surface area contributed by atoms with Gasteiger partial charge in [0.2, 0.25) is 11.8 Å². The van der Waals surface area contributed by atoms with Gasteiger partial charge in [-0.15, -0.1) is 0 Å². The molecule has 0 spiro atoms. The molecule has 2 aromatic carbocycles. The molecular weight excluding hydrogens is 534 g/mol. The summed E-state index contributed by atoms with van der Waals surface area (Å²) in [7, 11) is 1.59. The second-order valence-corrected chi connectivity index (χ2v) is 12.1. The molecule has 224 valence electrons. The van der Waals surface area contributed by atoms with Crippen LogP contribution in [0, 0.1) is 11.8 Å². The molecule has 0 aromatic heterocycles. The zero-order valence-corrected chi connectivity index (χ0v) is 24.6. The van der Waals surface area contributed by atoms with E-state index < -0.39 is 17.7 Å². The Morgan fingerprint density at radius 3 is 2.38 bits per heavy atom. The molecule has 3 aliphatic rings. The minimum absolute atomic E-state index is 0.0000163. The van der Waals surface area contributed by atoms with Crippen LogP contribution in [0.15, 0.2) is 48.5 Å². The number of nitrogens with one attached hydrogen (secondary N) is 4. The van der Waals surface area contributed by atoms with Gasteiger partial charge in [-0.05, 0) is 60.1 Å². The van der Waals surface area contributed by atoms with Gasteiger partial charge < -0.3 is 30.9 Å². The number of urea groups is 1. The molecule has 10 heteroatoms. The molecule has 1 saturated heterocycles. The molecule has 2 fully saturated rings. The van der Waals surface area contributed by atoms with Crippen molar-refractivity contribution in [3.8, 4) is 5.75 Å². The first-order chi connectivity index (χ1) is 20.2. The highest BCUT2D eigenvalue weighted by molar-refractivity contribution is 5.97. The average Bonchev–Trinajstić information content (AvgIpc) is 3.57. The van der Waals surface area contributed by atoms with Crippen LogP contribution in [0.1, 0.15) is 57.1 Å². The van der Waals surface area contributed by atoms with Crippen LogP contribution in [-0.2, 0) is 22.4 Å². The summed E-state index contributed by atoms with van der Waals surface area (Å²) >= 11 is 0. The fourth-order valence-electron chi connectivity index (χ4n) is 6.59. The number of rotatable bonds is 8. The molecule has 5 rings (SSSR count). The Kier molecular flexibility index (Phi) is 8.70. The Morgan fingerprint density at radius 2 is 1.71 bits per heavy atom. The van der Waals surface area contributed by atoms with Crippen LogP contribution in [0.2, 0.25) is 0 Å². The van der Waals surface area contributed by atoms with E-state index in [1.54, 1.807) is 36.2 Å². The third kappa shape index (κ3) is 6.07. The summed E-state index contributed by atoms with van der Waals surface area (Å²) in [5.74, 6) is 0.132. The Labute approximate surface area is 246 Å². The summed E-state index contributed by atoms with van der Waals surface area (Å²) in [6, 6.07) is 13.4. The standard InChI is InChI=1S/C32H41N5O5/c1-20(2)26-19-37(30(40)35-26)32(29(39)33-3)17-22-14-15-24(16-23(22)18-32)34-28(38)27(21-10-6-4-7-11-21)36-31(41)42-25-12-8-5-9-13-25/h5,8-9,12-16,20-21,26-27H,4,6-7,10-11,17-19H2,1-3H3,(H,33,39)(H,34,38)(H,35,40)(H,36,41)/t26-,27-,32?/m0/s1. The zero-order chi connectivity index (χ0) is 29.9. The van der Waals surface area contributed by atoms with E-state index in [2.05, 4.69) is 35.1 Å². The highest BCUT2D eigenvalue weighted by Gasteiger charge is 2.53. The lowest BCUT2D eigenvalue weighted by Crippen LogP contribution is -2.60. The fraction of sp³-hybridized carbons (Fsp3) is 0.500. The van der Waals surface area contributed by atoms with Crippen molar-refractivity contribution >= 4 is 29.6 Å². The maximum atomic E-state index is 13.6. The van der Waals surface area contributed by atoms with Gasteiger partial charge in [0.25, 0.3) is 0 Å². The Morgan fingerprint density at radius 1 is 1.00 bits per heavy atom. The summed E-state index contributed by atoms with van der Waals surface area (Å²) in [6.45, 7) is 4.56. The number of benzene rings is 2. The van der Waals surface area contributed by atoms with Crippen LogP contribution >= 0.6 is 0 Å². The number of ether oxygens (including phenoxy) is 1. The van der Waals surface area contributed by atoms with Gasteiger partial charge >= 0.3 is 12.1 Å². The summed E-state index contributed by atoms with van der Waals surface area (Å²) in [4.78, 5) is 54.4. The first kappa shape index (κ1) is 29.4. The molecule has 4 N–H and O–H groups in total. The molecule has 0 radical (unpaired) electrons. The fourth-order valence-corrected chi connectivity index (χ4v) is 6.59. The van der Waals surface area contributed by atoms with Gasteiger partial charge in [0.05, 0.1) is 6.04 Å². The summed E-state index contributed by atoms with van der Waals surface area (Å²) in [6.07, 6.45) is 4.89. The summed E-state index contributed by atoms with van der Waals surface area (Å²) in [5.41, 5.74) is 1.41. The third-order valence-electron chi connectivity index (χ3n) is 8.97. The number of fused-ring (bicyclic) bond motifs is 1. The van der Waals surface area contributed by atoms with E-state index in [0.29, 0.717) is 30.8 Å². The van der Waals surface area contributed by atoms with Crippen molar-refractivity contribution in [1.82, 2.24) is 20.9 Å². The highest BCUT2D eigenvalue weighted by atomic mass is 16.6. The molecule has 5 amide bonds. The van der Waals surface area contributed by atoms with Gasteiger partial charge in [-0.2, -0.15) is 0 Å². The molecule has 1 unspecified atom stereocenters. The van der Waals surface area contributed by atoms with Crippen molar-refractivity contribution < 1.29 is 23.9 Å². The van der Waals surface area contributed by atoms with Gasteiger partial charge in [-0.25, -0.2) is 9.59 Å². The van der Waals surface area contributed by atoms with Gasteiger partial charge in [0.1, 0.15) is 17.3 Å². The van der Waals surface area contributed by atoms with Crippen molar-refractivity contribution in [1.29, 1.82) is 0 Å². The van der Waals surface area contributed by atoms with E-state index in [0.717, 1.165) is 43.2 Å². The summed E-state index contributed by atoms with van der Waals surface area (Å²) in [5, 5.41) is 11.6. The topological polar surface area (TPSA) is 129 Å². The third-order valence-corrected chi connectivity index (χ3v) is 8.97. The monoisotopic (exact) mass is 575 g/mol. The van der Waals surface area contributed by atoms with E-state index in [9.17, 15) is 19.2 Å². The number of anilines is 1. The normalized spacial score (nSPS) is 22.7. The van der Waals surface area contributed by atoms with Crippen molar-refractivity contribution in [3.63, 3.8) is 0 Å². The van der Waals surface area contributed by atoms with Crippen LogP contribution in [-0.4, -0.2) is 60.1 Å². The molecule has 3 atom stereocenters. The van der Waals surface area contributed by atoms with Crippen molar-refractivity contribution in [2.75, 3.05) is 18.9 Å². The van der Waals surface area contributed by atoms with Crippen molar-refractivity contribution in [2.45, 2.75) is 76.4 Å². The zero-order valence-electron chi connectivity index (χ0n) is 24.6. The maximum absolute atomic E-state index is 13.6. The molecule has 2 aliphatic carbocycles. The number of carbonyl (C=O) groups excluding carboxylic acids is 4. The number of amides is 5. The quantitative estimate of drug-likeness (QED) is 0.378. The predicted molar refractivity (Wildman–Crippen MR) is 159 cm³/mol. The number of likely N-dealkylation sites (N-methyl/N-ethyl adjacent to an activating group) is 1. The smallest absolute Gasteiger partial charge is 0.410 e. The molecule has 42 heavy (non-hydrogen) atoms. The second kappa shape index (κ2) is 12.4. The van der Waals surface area contributed by atoms with E-state index in [-0.39, 0.29) is 35.7 Å². The lowest BCUT2D eigenvalue weighted by molar-refractivity contribution is -0.130. The number of para-hydroxylation sites is 1. The molecule has 0 bridgehead atoms. The van der Waals surface area contributed by atoms with Gasteiger partial charge in [0, 0.05) is 32.1 Å². The van der Waals surface area contributed by atoms with Gasteiger partial charge in [-0.1, -0.05) is 57.4 Å². The van der Waals surface area contributed by atoms with Gasteiger partial charge in [-0.3, -0.25) is 9.59 Å². The number of hydrogen-bond acceptors (Lipinski definition) is 5. The Bertz CT molecular complexity index is 1330. The van der Waals surface area contributed by atoms with Crippen LogP contribution in [0.5, 0.6) is 5.75 Å². The van der Waals surface area contributed by atoms with Crippen molar-refractivity contribution in [3.05, 3.63) is 59.7 Å². The molecule has 10 nitrogen and oxygen atoms in total. The lowest BCUT2D eigenvalue weighted by Gasteiger charge is -2.36. The highest BCUT2D eigenvalue weighted by Crippen LogP contribution is 2.38.